The maximum Gasteiger partial charge on any atom is 0.124 e. The van der Waals surface area contributed by atoms with Gasteiger partial charge in [0.1, 0.15) is 11.9 Å². The molecule has 2 heteroatoms. The van der Waals surface area contributed by atoms with Gasteiger partial charge in [0.25, 0.3) is 0 Å². The molecule has 0 aromatic heterocycles. The van der Waals surface area contributed by atoms with Crippen molar-refractivity contribution in [2.45, 2.75) is 64.6 Å². The molecule has 2 unspecified atom stereocenters. The molecule has 0 heterocycles. The number of ether oxygens (including phenoxy) is 1. The van der Waals surface area contributed by atoms with Gasteiger partial charge >= 0.3 is 0 Å². The highest BCUT2D eigenvalue weighted by Gasteiger charge is 2.25. The van der Waals surface area contributed by atoms with Crippen molar-refractivity contribution >= 4 is 0 Å². The monoisotopic (exact) mass is 248 g/mol. The summed E-state index contributed by atoms with van der Waals surface area (Å²) in [5.74, 6) is 1.44. The van der Waals surface area contributed by atoms with Crippen molar-refractivity contribution in [3.8, 4) is 5.75 Å². The third kappa shape index (κ3) is 3.05. The van der Waals surface area contributed by atoms with Crippen molar-refractivity contribution in [3.05, 3.63) is 29.3 Å². The molecule has 0 aliphatic heterocycles. The molecule has 2 atom stereocenters. The van der Waals surface area contributed by atoms with E-state index in [4.69, 9.17) is 4.74 Å². The smallest absolute Gasteiger partial charge is 0.124 e. The van der Waals surface area contributed by atoms with Gasteiger partial charge in [0.15, 0.2) is 0 Å². The molecular formula is C16H24O2. The van der Waals surface area contributed by atoms with Gasteiger partial charge in [0.2, 0.25) is 0 Å². The predicted octanol–water partition coefficient (Wildman–Crippen LogP) is 3.80. The van der Waals surface area contributed by atoms with Crippen LogP contribution in [0.15, 0.2) is 18.2 Å². The van der Waals surface area contributed by atoms with E-state index in [1.807, 2.05) is 0 Å². The molecule has 1 saturated carbocycles. The highest BCUT2D eigenvalue weighted by Crippen LogP contribution is 2.28. The van der Waals surface area contributed by atoms with Crippen LogP contribution < -0.4 is 4.74 Å². The second kappa shape index (κ2) is 5.75. The summed E-state index contributed by atoms with van der Waals surface area (Å²) in [6, 6.07) is 6.39. The highest BCUT2D eigenvalue weighted by molar-refractivity contribution is 5.38. The maximum absolute atomic E-state index is 9.97. The quantitative estimate of drug-likeness (QED) is 0.881. The normalized spacial score (nSPS) is 24.3. The zero-order valence-corrected chi connectivity index (χ0v) is 11.6. The lowest BCUT2D eigenvalue weighted by atomic mass is 9.94. The molecule has 2 rings (SSSR count). The van der Waals surface area contributed by atoms with Gasteiger partial charge in [-0.15, -0.1) is 0 Å². The Balaban J connectivity index is 2.14. The van der Waals surface area contributed by atoms with E-state index in [1.165, 1.54) is 5.56 Å². The summed E-state index contributed by atoms with van der Waals surface area (Å²) in [6.07, 6.45) is 3.78. The van der Waals surface area contributed by atoms with E-state index in [-0.39, 0.29) is 12.2 Å². The van der Waals surface area contributed by atoms with Crippen molar-refractivity contribution < 1.29 is 9.84 Å². The third-order valence-electron chi connectivity index (χ3n) is 3.82. The Morgan fingerprint density at radius 2 is 1.94 bits per heavy atom. The Morgan fingerprint density at radius 1 is 1.22 bits per heavy atom. The van der Waals surface area contributed by atoms with Crippen LogP contribution in [0.2, 0.25) is 0 Å². The standard InChI is InChI=1S/C16H24O2/c1-11(2)13-9-8-12(3)16(10-13)18-15-7-5-4-6-14(15)17/h8-11,14-15,17H,4-7H2,1-3H3. The van der Waals surface area contributed by atoms with Crippen molar-refractivity contribution in [2.75, 3.05) is 0 Å². The summed E-state index contributed by atoms with van der Waals surface area (Å²) in [7, 11) is 0. The van der Waals surface area contributed by atoms with E-state index >= 15 is 0 Å². The first-order chi connectivity index (χ1) is 8.58. The van der Waals surface area contributed by atoms with Gasteiger partial charge in [-0.1, -0.05) is 32.4 Å². The number of benzene rings is 1. The molecular weight excluding hydrogens is 224 g/mol. The average molecular weight is 248 g/mol. The largest absolute Gasteiger partial charge is 0.487 e. The minimum absolute atomic E-state index is 0.0279. The van der Waals surface area contributed by atoms with Crippen LogP contribution in [0, 0.1) is 6.92 Å². The minimum atomic E-state index is -0.305. The first-order valence-corrected chi connectivity index (χ1v) is 7.03. The fraction of sp³-hybridized carbons (Fsp3) is 0.625. The Bertz CT molecular complexity index is 398. The molecule has 1 N–H and O–H groups in total. The van der Waals surface area contributed by atoms with Crippen molar-refractivity contribution in [1.82, 2.24) is 0 Å². The van der Waals surface area contributed by atoms with Crippen LogP contribution in [0.25, 0.3) is 0 Å². The Labute approximate surface area is 110 Å². The molecule has 100 valence electrons. The molecule has 2 nitrogen and oxygen atoms in total. The molecule has 1 aliphatic rings. The second-order valence-electron chi connectivity index (χ2n) is 5.69. The molecule has 1 aliphatic carbocycles. The SMILES string of the molecule is Cc1ccc(C(C)C)cc1OC1CCCCC1O. The Morgan fingerprint density at radius 3 is 2.61 bits per heavy atom. The highest BCUT2D eigenvalue weighted by atomic mass is 16.5. The fourth-order valence-electron chi connectivity index (χ4n) is 2.48. The molecule has 0 bridgehead atoms. The van der Waals surface area contributed by atoms with Crippen LogP contribution in [0.4, 0.5) is 0 Å². The summed E-state index contributed by atoms with van der Waals surface area (Å²) in [4.78, 5) is 0. The summed E-state index contributed by atoms with van der Waals surface area (Å²) in [5, 5.41) is 9.97. The van der Waals surface area contributed by atoms with E-state index in [0.29, 0.717) is 5.92 Å². The molecule has 0 radical (unpaired) electrons. The molecule has 1 aromatic rings. The first kappa shape index (κ1) is 13.4. The topological polar surface area (TPSA) is 29.5 Å². The summed E-state index contributed by atoms with van der Waals surface area (Å²) < 4.78 is 6.04. The van der Waals surface area contributed by atoms with Crippen molar-refractivity contribution in [3.63, 3.8) is 0 Å². The summed E-state index contributed by atoms with van der Waals surface area (Å²) in [5.41, 5.74) is 2.44. The molecule has 0 saturated heterocycles. The number of hydrogen-bond donors (Lipinski definition) is 1. The molecule has 1 aromatic carbocycles. The number of aliphatic hydroxyl groups is 1. The van der Waals surface area contributed by atoms with Gasteiger partial charge in [-0.2, -0.15) is 0 Å². The third-order valence-corrected chi connectivity index (χ3v) is 3.82. The van der Waals surface area contributed by atoms with Gasteiger partial charge in [0, 0.05) is 0 Å². The maximum atomic E-state index is 9.97. The van der Waals surface area contributed by atoms with Crippen LogP contribution in [0.3, 0.4) is 0 Å². The lowest BCUT2D eigenvalue weighted by molar-refractivity contribution is 0.00650. The number of hydrogen-bond acceptors (Lipinski definition) is 2. The van der Waals surface area contributed by atoms with E-state index in [9.17, 15) is 5.11 Å². The van der Waals surface area contributed by atoms with Crippen LogP contribution in [0.1, 0.15) is 56.6 Å². The van der Waals surface area contributed by atoms with Gasteiger partial charge in [-0.25, -0.2) is 0 Å². The lowest BCUT2D eigenvalue weighted by Gasteiger charge is -2.29. The Kier molecular flexibility index (Phi) is 4.28. The number of aryl methyl sites for hydroxylation is 1. The fourth-order valence-corrected chi connectivity index (χ4v) is 2.48. The van der Waals surface area contributed by atoms with Crippen molar-refractivity contribution in [1.29, 1.82) is 0 Å². The second-order valence-corrected chi connectivity index (χ2v) is 5.69. The Hall–Kier alpha value is -1.02. The zero-order chi connectivity index (χ0) is 13.1. The van der Waals surface area contributed by atoms with Gasteiger partial charge in [-0.05, 0) is 49.3 Å². The minimum Gasteiger partial charge on any atom is -0.487 e. The molecule has 1 fully saturated rings. The van der Waals surface area contributed by atoms with Gasteiger partial charge < -0.3 is 9.84 Å². The average Bonchev–Trinajstić information content (AvgIpc) is 2.34. The van der Waals surface area contributed by atoms with Crippen LogP contribution in [-0.4, -0.2) is 17.3 Å². The zero-order valence-electron chi connectivity index (χ0n) is 11.6. The van der Waals surface area contributed by atoms with Crippen molar-refractivity contribution in [2.24, 2.45) is 0 Å². The molecule has 0 spiro atoms. The van der Waals surface area contributed by atoms with Crippen LogP contribution >= 0.6 is 0 Å². The number of aliphatic hydroxyl groups excluding tert-OH is 1. The predicted molar refractivity (Wildman–Crippen MR) is 74.2 cm³/mol. The lowest BCUT2D eigenvalue weighted by Crippen LogP contribution is -2.34. The van der Waals surface area contributed by atoms with Gasteiger partial charge in [-0.3, -0.25) is 0 Å². The van der Waals surface area contributed by atoms with Gasteiger partial charge in [0.05, 0.1) is 6.10 Å². The van der Waals surface area contributed by atoms with E-state index in [0.717, 1.165) is 37.0 Å². The van der Waals surface area contributed by atoms with Crippen LogP contribution in [-0.2, 0) is 0 Å². The van der Waals surface area contributed by atoms with E-state index in [1.54, 1.807) is 0 Å². The molecule has 0 amide bonds. The summed E-state index contributed by atoms with van der Waals surface area (Å²) >= 11 is 0. The first-order valence-electron chi connectivity index (χ1n) is 7.03. The van der Waals surface area contributed by atoms with E-state index < -0.39 is 0 Å². The van der Waals surface area contributed by atoms with E-state index in [2.05, 4.69) is 39.0 Å². The summed E-state index contributed by atoms with van der Waals surface area (Å²) in [6.45, 7) is 6.43. The van der Waals surface area contributed by atoms with Crippen LogP contribution in [0.5, 0.6) is 5.75 Å². The number of rotatable bonds is 3. The molecule has 18 heavy (non-hydrogen) atoms.